The summed E-state index contributed by atoms with van der Waals surface area (Å²) in [7, 11) is 4.64. The van der Waals surface area contributed by atoms with Crippen molar-refractivity contribution in [3.8, 4) is 23.3 Å². The van der Waals surface area contributed by atoms with Gasteiger partial charge < -0.3 is 19.5 Å². The van der Waals surface area contributed by atoms with Crippen LogP contribution >= 0.6 is 0 Å². The minimum atomic E-state index is 0.454. The molecule has 0 aliphatic rings. The van der Waals surface area contributed by atoms with Gasteiger partial charge in [0.05, 0.1) is 43.5 Å². The molecule has 6 nitrogen and oxygen atoms in total. The summed E-state index contributed by atoms with van der Waals surface area (Å²) < 4.78 is 16.2. The predicted octanol–water partition coefficient (Wildman–Crippen LogP) is 2.56. The number of hydrogen-bond donors (Lipinski definition) is 1. The third-order valence-corrected chi connectivity index (χ3v) is 3.14. The van der Waals surface area contributed by atoms with Crippen LogP contribution in [-0.4, -0.2) is 32.9 Å². The maximum atomic E-state index is 9.27. The number of nitrogens with one attached hydrogen (secondary N) is 1. The lowest BCUT2D eigenvalue weighted by molar-refractivity contribution is 0.327. The Morgan fingerprint density at radius 1 is 1.19 bits per heavy atom. The molecule has 21 heavy (non-hydrogen) atoms. The van der Waals surface area contributed by atoms with Gasteiger partial charge in [-0.2, -0.15) is 5.26 Å². The number of methoxy groups -OCH3 is 3. The molecule has 0 aliphatic carbocycles. The average Bonchev–Trinajstić information content (AvgIpc) is 2.53. The Balaban J connectivity index is 2.94. The largest absolute Gasteiger partial charge is 0.493 e. The first kappa shape index (κ1) is 14.7. The van der Waals surface area contributed by atoms with Gasteiger partial charge in [-0.25, -0.2) is 0 Å². The van der Waals surface area contributed by atoms with E-state index < -0.39 is 0 Å². The first-order valence-electron chi connectivity index (χ1n) is 6.47. The SMILES string of the molecule is CCNc1c(C#N)cnc2cc(OC)c(OC)c(OC)c12. The Bertz CT molecular complexity index is 708. The maximum absolute atomic E-state index is 9.27. The summed E-state index contributed by atoms with van der Waals surface area (Å²) in [5.74, 6) is 1.50. The van der Waals surface area contributed by atoms with Gasteiger partial charge in [-0.1, -0.05) is 0 Å². The second kappa shape index (κ2) is 6.18. The molecule has 0 saturated heterocycles. The first-order valence-corrected chi connectivity index (χ1v) is 6.47. The topological polar surface area (TPSA) is 76.4 Å². The molecule has 0 amide bonds. The summed E-state index contributed by atoms with van der Waals surface area (Å²) >= 11 is 0. The number of anilines is 1. The van der Waals surface area contributed by atoms with E-state index in [-0.39, 0.29) is 0 Å². The van der Waals surface area contributed by atoms with E-state index in [1.807, 2.05) is 6.92 Å². The summed E-state index contributed by atoms with van der Waals surface area (Å²) in [6.45, 7) is 2.63. The van der Waals surface area contributed by atoms with Crippen molar-refractivity contribution in [1.82, 2.24) is 4.98 Å². The average molecular weight is 287 g/mol. The van der Waals surface area contributed by atoms with Gasteiger partial charge in [0.2, 0.25) is 5.75 Å². The lowest BCUT2D eigenvalue weighted by Gasteiger charge is -2.17. The lowest BCUT2D eigenvalue weighted by atomic mass is 10.1. The standard InChI is InChI=1S/C15H17N3O3/c1-5-17-13-9(7-16)8-18-10-6-11(19-2)14(20-3)15(21-4)12(10)13/h6,8H,5H2,1-4H3,(H,17,18). The van der Waals surface area contributed by atoms with E-state index in [9.17, 15) is 5.26 Å². The third kappa shape index (κ3) is 2.38. The van der Waals surface area contributed by atoms with Crippen molar-refractivity contribution in [3.05, 3.63) is 17.8 Å². The lowest BCUT2D eigenvalue weighted by Crippen LogP contribution is -2.04. The van der Waals surface area contributed by atoms with Crippen LogP contribution in [0.15, 0.2) is 12.3 Å². The molecule has 0 saturated carbocycles. The zero-order valence-electron chi connectivity index (χ0n) is 12.5. The molecule has 0 radical (unpaired) electrons. The second-order valence-electron chi connectivity index (χ2n) is 4.23. The molecule has 0 fully saturated rings. The van der Waals surface area contributed by atoms with Crippen molar-refractivity contribution >= 4 is 16.6 Å². The predicted molar refractivity (Wildman–Crippen MR) is 80.3 cm³/mol. The molecule has 110 valence electrons. The van der Waals surface area contributed by atoms with Crippen LogP contribution in [0.2, 0.25) is 0 Å². The van der Waals surface area contributed by atoms with E-state index in [1.165, 1.54) is 6.20 Å². The molecule has 0 aliphatic heterocycles. The fourth-order valence-corrected chi connectivity index (χ4v) is 2.27. The Morgan fingerprint density at radius 3 is 2.43 bits per heavy atom. The van der Waals surface area contributed by atoms with E-state index in [2.05, 4.69) is 16.4 Å². The summed E-state index contributed by atoms with van der Waals surface area (Å²) in [6, 6.07) is 3.90. The number of rotatable bonds is 5. The highest BCUT2D eigenvalue weighted by Crippen LogP contribution is 2.46. The Labute approximate surface area is 123 Å². The van der Waals surface area contributed by atoms with Crippen LogP contribution in [-0.2, 0) is 0 Å². The molecular formula is C15H17N3O3. The van der Waals surface area contributed by atoms with Gasteiger partial charge in [-0.3, -0.25) is 4.98 Å². The van der Waals surface area contributed by atoms with Crippen molar-refractivity contribution < 1.29 is 14.2 Å². The molecule has 1 N–H and O–H groups in total. The van der Waals surface area contributed by atoms with E-state index >= 15 is 0 Å². The van der Waals surface area contributed by atoms with Gasteiger partial charge in [-0.05, 0) is 6.92 Å². The highest BCUT2D eigenvalue weighted by molar-refractivity contribution is 6.01. The second-order valence-corrected chi connectivity index (χ2v) is 4.23. The van der Waals surface area contributed by atoms with Gasteiger partial charge in [0.1, 0.15) is 6.07 Å². The number of hydrogen-bond acceptors (Lipinski definition) is 6. The molecule has 1 heterocycles. The number of benzene rings is 1. The van der Waals surface area contributed by atoms with Crippen molar-refractivity contribution in [3.63, 3.8) is 0 Å². The van der Waals surface area contributed by atoms with Crippen LogP contribution in [0.4, 0.5) is 5.69 Å². The van der Waals surface area contributed by atoms with Gasteiger partial charge in [0.15, 0.2) is 11.5 Å². The third-order valence-electron chi connectivity index (χ3n) is 3.14. The normalized spacial score (nSPS) is 10.0. The van der Waals surface area contributed by atoms with E-state index in [0.717, 1.165) is 0 Å². The molecule has 6 heteroatoms. The minimum Gasteiger partial charge on any atom is -0.493 e. The zero-order chi connectivity index (χ0) is 15.4. The smallest absolute Gasteiger partial charge is 0.204 e. The van der Waals surface area contributed by atoms with Gasteiger partial charge in [0, 0.05) is 18.8 Å². The van der Waals surface area contributed by atoms with Crippen LogP contribution in [0, 0.1) is 11.3 Å². The van der Waals surface area contributed by atoms with Crippen molar-refractivity contribution in [2.45, 2.75) is 6.92 Å². The van der Waals surface area contributed by atoms with Crippen LogP contribution in [0.25, 0.3) is 10.9 Å². The van der Waals surface area contributed by atoms with Crippen LogP contribution in [0.1, 0.15) is 12.5 Å². The van der Waals surface area contributed by atoms with Crippen LogP contribution in [0.5, 0.6) is 17.2 Å². The number of nitrogens with zero attached hydrogens (tertiary/aromatic N) is 2. The van der Waals surface area contributed by atoms with Gasteiger partial charge >= 0.3 is 0 Å². The number of pyridine rings is 1. The number of ether oxygens (including phenoxy) is 3. The molecule has 2 aromatic rings. The first-order chi connectivity index (χ1) is 10.2. The molecular weight excluding hydrogens is 270 g/mol. The minimum absolute atomic E-state index is 0.454. The van der Waals surface area contributed by atoms with E-state index in [1.54, 1.807) is 27.4 Å². The fraction of sp³-hybridized carbons (Fsp3) is 0.333. The monoisotopic (exact) mass is 287 g/mol. The summed E-state index contributed by atoms with van der Waals surface area (Å²) in [5, 5.41) is 13.2. The van der Waals surface area contributed by atoms with Crippen molar-refractivity contribution in [2.75, 3.05) is 33.2 Å². The van der Waals surface area contributed by atoms with Crippen LogP contribution < -0.4 is 19.5 Å². The highest BCUT2D eigenvalue weighted by Gasteiger charge is 2.21. The molecule has 0 atom stereocenters. The maximum Gasteiger partial charge on any atom is 0.204 e. The molecule has 2 rings (SSSR count). The number of aromatic nitrogens is 1. The van der Waals surface area contributed by atoms with E-state index in [4.69, 9.17) is 14.2 Å². The van der Waals surface area contributed by atoms with Crippen LogP contribution in [0.3, 0.4) is 0 Å². The number of nitriles is 1. The van der Waals surface area contributed by atoms with Gasteiger partial charge in [-0.15, -0.1) is 0 Å². The zero-order valence-corrected chi connectivity index (χ0v) is 12.5. The molecule has 1 aromatic carbocycles. The van der Waals surface area contributed by atoms with Crippen molar-refractivity contribution in [2.24, 2.45) is 0 Å². The molecule has 1 aromatic heterocycles. The molecule has 0 bridgehead atoms. The summed E-state index contributed by atoms with van der Waals surface area (Å²) in [5.41, 5.74) is 1.80. The Morgan fingerprint density at radius 2 is 1.90 bits per heavy atom. The summed E-state index contributed by atoms with van der Waals surface area (Å²) in [6.07, 6.45) is 1.53. The fourth-order valence-electron chi connectivity index (χ4n) is 2.27. The van der Waals surface area contributed by atoms with Gasteiger partial charge in [0.25, 0.3) is 0 Å². The molecule has 0 unspecified atom stereocenters. The number of fused-ring (bicyclic) bond motifs is 1. The highest BCUT2D eigenvalue weighted by atomic mass is 16.5. The quantitative estimate of drug-likeness (QED) is 0.910. The van der Waals surface area contributed by atoms with Crippen molar-refractivity contribution in [1.29, 1.82) is 5.26 Å². The molecule has 0 spiro atoms. The summed E-state index contributed by atoms with van der Waals surface area (Å²) in [4.78, 5) is 4.31. The van der Waals surface area contributed by atoms with E-state index in [0.29, 0.717) is 45.9 Å². The Hall–Kier alpha value is -2.68. The Kier molecular flexibility index (Phi) is 4.33.